The lowest BCUT2D eigenvalue weighted by atomic mass is 9.77. The molecule has 2 aliphatic rings. The minimum Gasteiger partial charge on any atom is -0.198 e. The summed E-state index contributed by atoms with van der Waals surface area (Å²) < 4.78 is 0. The Bertz CT molecular complexity index is 253. The number of nitriles is 1. The second-order valence-corrected chi connectivity index (χ2v) is 5.57. The average Bonchev–Trinajstić information content (AvgIpc) is 2.32. The van der Waals surface area contributed by atoms with Crippen molar-refractivity contribution < 1.29 is 0 Å². The van der Waals surface area contributed by atoms with Gasteiger partial charge in [0, 0.05) is 0 Å². The minimum atomic E-state index is 0.0260. The van der Waals surface area contributed by atoms with Gasteiger partial charge in [-0.1, -0.05) is 38.3 Å². The first-order valence-corrected chi connectivity index (χ1v) is 6.74. The molecule has 1 heteroatoms. The molecule has 0 aromatic carbocycles. The van der Waals surface area contributed by atoms with Gasteiger partial charge >= 0.3 is 0 Å². The zero-order chi connectivity index (χ0) is 11.9. The van der Waals surface area contributed by atoms with Gasteiger partial charge in [-0.15, -0.1) is 0 Å². The molecular formula is C15H25N. The summed E-state index contributed by atoms with van der Waals surface area (Å²) in [6.07, 6.45) is 14.8. The Balaban J connectivity index is 0.000000165. The Kier molecular flexibility index (Phi) is 5.60. The van der Waals surface area contributed by atoms with Crippen molar-refractivity contribution in [2.75, 3.05) is 0 Å². The maximum Gasteiger partial charge on any atom is 0.0686 e. The Morgan fingerprint density at radius 2 is 1.88 bits per heavy atom. The number of hydrogen-bond acceptors (Lipinski definition) is 1. The molecule has 1 fully saturated rings. The van der Waals surface area contributed by atoms with Crippen LogP contribution in [0.5, 0.6) is 0 Å². The molecule has 0 aliphatic heterocycles. The molecule has 1 atom stereocenters. The van der Waals surface area contributed by atoms with E-state index >= 15 is 0 Å². The van der Waals surface area contributed by atoms with Crippen LogP contribution < -0.4 is 0 Å². The van der Waals surface area contributed by atoms with Crippen molar-refractivity contribution in [3.05, 3.63) is 12.2 Å². The van der Waals surface area contributed by atoms with Gasteiger partial charge < -0.3 is 0 Å². The molecule has 0 radical (unpaired) electrons. The number of nitrogens with zero attached hydrogens (tertiary/aromatic N) is 1. The van der Waals surface area contributed by atoms with E-state index in [0.29, 0.717) is 0 Å². The third kappa shape index (κ3) is 4.84. The SMILES string of the molecule is CC1(C#N)CCCCC1.CC1C=CCCC1. The normalized spacial score (nSPS) is 27.4. The van der Waals surface area contributed by atoms with Crippen LogP contribution >= 0.6 is 0 Å². The lowest BCUT2D eigenvalue weighted by molar-refractivity contribution is 0.296. The smallest absolute Gasteiger partial charge is 0.0686 e. The second-order valence-electron chi connectivity index (χ2n) is 5.57. The van der Waals surface area contributed by atoms with Crippen molar-refractivity contribution >= 4 is 0 Å². The van der Waals surface area contributed by atoms with Crippen molar-refractivity contribution in [1.29, 1.82) is 5.26 Å². The standard InChI is InChI=1S/C8H13N.C7H12/c1-8(7-9)5-3-2-4-6-8;1-7-5-3-2-4-6-7/h2-6H2,1H3;3,5,7H,2,4,6H2,1H3. The summed E-state index contributed by atoms with van der Waals surface area (Å²) in [5.41, 5.74) is 0.0260. The van der Waals surface area contributed by atoms with Crippen LogP contribution in [0.1, 0.15) is 65.2 Å². The molecule has 0 saturated heterocycles. The van der Waals surface area contributed by atoms with Crippen molar-refractivity contribution in [3.8, 4) is 6.07 Å². The molecule has 0 bridgehead atoms. The molecule has 0 N–H and O–H groups in total. The van der Waals surface area contributed by atoms with Crippen LogP contribution in [0.25, 0.3) is 0 Å². The van der Waals surface area contributed by atoms with E-state index in [9.17, 15) is 0 Å². The first kappa shape index (κ1) is 13.3. The van der Waals surface area contributed by atoms with Crippen LogP contribution in [0, 0.1) is 22.7 Å². The first-order valence-electron chi connectivity index (χ1n) is 6.74. The number of allylic oxidation sites excluding steroid dienone is 2. The third-order valence-corrected chi connectivity index (χ3v) is 3.72. The summed E-state index contributed by atoms with van der Waals surface area (Å²) in [7, 11) is 0. The Hall–Kier alpha value is -0.770. The van der Waals surface area contributed by atoms with E-state index in [-0.39, 0.29) is 5.41 Å². The van der Waals surface area contributed by atoms with Crippen molar-refractivity contribution in [3.63, 3.8) is 0 Å². The van der Waals surface area contributed by atoms with Crippen LogP contribution in [-0.2, 0) is 0 Å². The van der Waals surface area contributed by atoms with E-state index < -0.39 is 0 Å². The number of rotatable bonds is 0. The molecule has 1 nitrogen and oxygen atoms in total. The van der Waals surface area contributed by atoms with Crippen LogP contribution in [0.4, 0.5) is 0 Å². The molecule has 0 aromatic heterocycles. The predicted molar refractivity (Wildman–Crippen MR) is 69.0 cm³/mol. The Labute approximate surface area is 101 Å². The van der Waals surface area contributed by atoms with Gasteiger partial charge in [0.2, 0.25) is 0 Å². The van der Waals surface area contributed by atoms with E-state index in [1.165, 1.54) is 38.5 Å². The summed E-state index contributed by atoms with van der Waals surface area (Å²) >= 11 is 0. The summed E-state index contributed by atoms with van der Waals surface area (Å²) in [4.78, 5) is 0. The highest BCUT2D eigenvalue weighted by Crippen LogP contribution is 2.34. The van der Waals surface area contributed by atoms with Gasteiger partial charge in [0.1, 0.15) is 0 Å². The van der Waals surface area contributed by atoms with E-state index in [4.69, 9.17) is 5.26 Å². The highest BCUT2D eigenvalue weighted by atomic mass is 14.4. The molecule has 16 heavy (non-hydrogen) atoms. The summed E-state index contributed by atoms with van der Waals surface area (Å²) in [6.45, 7) is 4.35. The van der Waals surface area contributed by atoms with Crippen LogP contribution in [-0.4, -0.2) is 0 Å². The fraction of sp³-hybridized carbons (Fsp3) is 0.800. The third-order valence-electron chi connectivity index (χ3n) is 3.72. The van der Waals surface area contributed by atoms with E-state index in [1.54, 1.807) is 0 Å². The Morgan fingerprint density at radius 1 is 1.19 bits per heavy atom. The highest BCUT2D eigenvalue weighted by molar-refractivity contribution is 4.96. The molecule has 0 heterocycles. The highest BCUT2D eigenvalue weighted by Gasteiger charge is 2.25. The zero-order valence-electron chi connectivity index (χ0n) is 10.8. The molecular weight excluding hydrogens is 194 g/mol. The minimum absolute atomic E-state index is 0.0260. The topological polar surface area (TPSA) is 23.8 Å². The molecule has 2 aliphatic carbocycles. The van der Waals surface area contributed by atoms with E-state index in [1.807, 2.05) is 0 Å². The van der Waals surface area contributed by atoms with Crippen molar-refractivity contribution in [2.24, 2.45) is 11.3 Å². The van der Waals surface area contributed by atoms with Crippen LogP contribution in [0.2, 0.25) is 0 Å². The molecule has 1 saturated carbocycles. The molecule has 0 amide bonds. The predicted octanol–water partition coefficient (Wildman–Crippen LogP) is 4.84. The second kappa shape index (κ2) is 6.74. The lowest BCUT2D eigenvalue weighted by Gasteiger charge is -2.25. The first-order chi connectivity index (χ1) is 7.66. The van der Waals surface area contributed by atoms with Gasteiger partial charge in [0.05, 0.1) is 11.5 Å². The van der Waals surface area contributed by atoms with Gasteiger partial charge in [-0.05, 0) is 44.9 Å². The van der Waals surface area contributed by atoms with Crippen LogP contribution in [0.15, 0.2) is 12.2 Å². The van der Waals surface area contributed by atoms with Gasteiger partial charge in [-0.3, -0.25) is 0 Å². The molecule has 0 spiro atoms. The summed E-state index contributed by atoms with van der Waals surface area (Å²) in [5.74, 6) is 0.855. The quantitative estimate of drug-likeness (QED) is 0.535. The van der Waals surface area contributed by atoms with Crippen LogP contribution in [0.3, 0.4) is 0 Å². The van der Waals surface area contributed by atoms with Crippen molar-refractivity contribution in [2.45, 2.75) is 65.2 Å². The number of hydrogen-bond donors (Lipinski definition) is 0. The van der Waals surface area contributed by atoms with Gasteiger partial charge in [0.15, 0.2) is 0 Å². The lowest BCUT2D eigenvalue weighted by Crippen LogP contribution is -2.16. The fourth-order valence-electron chi connectivity index (χ4n) is 2.43. The van der Waals surface area contributed by atoms with Gasteiger partial charge in [-0.2, -0.15) is 5.26 Å². The molecule has 0 aromatic rings. The molecule has 1 unspecified atom stereocenters. The van der Waals surface area contributed by atoms with E-state index in [2.05, 4.69) is 32.1 Å². The zero-order valence-corrected chi connectivity index (χ0v) is 10.8. The maximum atomic E-state index is 8.70. The molecule has 2 rings (SSSR count). The van der Waals surface area contributed by atoms with Crippen molar-refractivity contribution in [1.82, 2.24) is 0 Å². The molecule has 90 valence electrons. The van der Waals surface area contributed by atoms with Gasteiger partial charge in [0.25, 0.3) is 0 Å². The monoisotopic (exact) mass is 219 g/mol. The van der Waals surface area contributed by atoms with E-state index in [0.717, 1.165) is 18.8 Å². The largest absolute Gasteiger partial charge is 0.198 e. The Morgan fingerprint density at radius 3 is 2.19 bits per heavy atom. The fourth-order valence-corrected chi connectivity index (χ4v) is 2.43. The average molecular weight is 219 g/mol. The summed E-state index contributed by atoms with van der Waals surface area (Å²) in [6, 6.07) is 2.38. The summed E-state index contributed by atoms with van der Waals surface area (Å²) in [5, 5.41) is 8.70. The maximum absolute atomic E-state index is 8.70. The van der Waals surface area contributed by atoms with Gasteiger partial charge in [-0.25, -0.2) is 0 Å².